The lowest BCUT2D eigenvalue weighted by atomic mass is 9.82. The first-order valence-electron chi connectivity index (χ1n) is 4.81. The molecule has 1 fully saturated rings. The van der Waals surface area contributed by atoms with Crippen LogP contribution in [0.15, 0.2) is 0 Å². The second-order valence-corrected chi connectivity index (χ2v) is 3.84. The van der Waals surface area contributed by atoms with Gasteiger partial charge in [-0.05, 0) is 31.7 Å². The monoisotopic (exact) mass is 193 g/mol. The first-order chi connectivity index (χ1) is 6.05. The number of aliphatic hydroxyl groups is 1. The Kier molecular flexibility index (Phi) is 3.62. The van der Waals surface area contributed by atoms with Crippen molar-refractivity contribution in [2.75, 3.05) is 6.54 Å². The molecule has 1 aliphatic rings. The van der Waals surface area contributed by atoms with E-state index >= 15 is 0 Å². The van der Waals surface area contributed by atoms with Crippen molar-refractivity contribution >= 4 is 0 Å². The van der Waals surface area contributed by atoms with E-state index in [1.54, 1.807) is 0 Å². The van der Waals surface area contributed by atoms with E-state index in [2.05, 4.69) is 0 Å². The fourth-order valence-electron chi connectivity index (χ4n) is 1.85. The number of alkyl halides is 2. The smallest absolute Gasteiger partial charge is 0.248 e. The maximum Gasteiger partial charge on any atom is 0.248 e. The van der Waals surface area contributed by atoms with E-state index < -0.39 is 12.0 Å². The molecule has 0 aliphatic heterocycles. The Morgan fingerprint density at radius 2 is 1.92 bits per heavy atom. The van der Waals surface area contributed by atoms with Crippen LogP contribution in [0.4, 0.5) is 8.78 Å². The summed E-state index contributed by atoms with van der Waals surface area (Å²) >= 11 is 0. The van der Waals surface area contributed by atoms with Crippen LogP contribution in [-0.2, 0) is 0 Å². The van der Waals surface area contributed by atoms with Crippen LogP contribution in [0.1, 0.15) is 32.1 Å². The fourth-order valence-corrected chi connectivity index (χ4v) is 1.85. The van der Waals surface area contributed by atoms with Gasteiger partial charge in [-0.15, -0.1) is 0 Å². The molecule has 1 atom stereocenters. The van der Waals surface area contributed by atoms with E-state index in [0.717, 1.165) is 0 Å². The van der Waals surface area contributed by atoms with Gasteiger partial charge in [0.2, 0.25) is 5.92 Å². The van der Waals surface area contributed by atoms with Gasteiger partial charge in [0.05, 0.1) is 6.10 Å². The molecule has 1 aliphatic carbocycles. The Bertz CT molecular complexity index is 154. The Balaban J connectivity index is 2.32. The molecule has 4 heteroatoms. The number of halogens is 2. The zero-order valence-electron chi connectivity index (χ0n) is 7.68. The molecule has 0 bridgehead atoms. The molecule has 3 N–H and O–H groups in total. The summed E-state index contributed by atoms with van der Waals surface area (Å²) in [6, 6.07) is 0. The lowest BCUT2D eigenvalue weighted by Crippen LogP contribution is -2.32. The summed E-state index contributed by atoms with van der Waals surface area (Å²) < 4.78 is 25.4. The van der Waals surface area contributed by atoms with Crippen LogP contribution in [0.25, 0.3) is 0 Å². The molecule has 1 saturated carbocycles. The predicted molar refractivity (Wildman–Crippen MR) is 46.6 cm³/mol. The van der Waals surface area contributed by atoms with Crippen LogP contribution in [0.2, 0.25) is 0 Å². The highest BCUT2D eigenvalue weighted by atomic mass is 19.3. The molecular formula is C9H17F2NO. The van der Waals surface area contributed by atoms with Gasteiger partial charge in [-0.25, -0.2) is 8.78 Å². The predicted octanol–water partition coefficient (Wildman–Crippen LogP) is 1.52. The third-order valence-electron chi connectivity index (χ3n) is 2.77. The molecule has 0 spiro atoms. The minimum Gasteiger partial charge on any atom is -0.393 e. The largest absolute Gasteiger partial charge is 0.393 e. The normalized spacial score (nSPS) is 25.8. The number of hydrogen-bond acceptors (Lipinski definition) is 2. The summed E-state index contributed by atoms with van der Waals surface area (Å²) in [5, 5.41) is 9.52. The maximum absolute atomic E-state index is 12.7. The van der Waals surface area contributed by atoms with Crippen LogP contribution in [-0.4, -0.2) is 23.7 Å². The number of nitrogens with two attached hydrogens (primary N) is 1. The van der Waals surface area contributed by atoms with Crippen molar-refractivity contribution in [1.29, 1.82) is 0 Å². The average Bonchev–Trinajstić information content (AvgIpc) is 2.04. The highest BCUT2D eigenvalue weighted by molar-refractivity contribution is 4.81. The Labute approximate surface area is 77.1 Å². The fraction of sp³-hybridized carbons (Fsp3) is 1.00. The summed E-state index contributed by atoms with van der Waals surface area (Å²) in [6.07, 6.45) is 0.720. The van der Waals surface area contributed by atoms with E-state index in [9.17, 15) is 13.9 Å². The Morgan fingerprint density at radius 1 is 1.38 bits per heavy atom. The molecule has 0 amide bonds. The summed E-state index contributed by atoms with van der Waals surface area (Å²) in [5.41, 5.74) is 5.28. The summed E-state index contributed by atoms with van der Waals surface area (Å²) in [6.45, 7) is 0.425. The Hall–Kier alpha value is -0.220. The minimum absolute atomic E-state index is 0.0307. The van der Waals surface area contributed by atoms with Gasteiger partial charge in [0.1, 0.15) is 0 Å². The van der Waals surface area contributed by atoms with Crippen molar-refractivity contribution in [3.63, 3.8) is 0 Å². The maximum atomic E-state index is 12.7. The van der Waals surface area contributed by atoms with Gasteiger partial charge in [0, 0.05) is 12.8 Å². The van der Waals surface area contributed by atoms with E-state index in [4.69, 9.17) is 5.73 Å². The first kappa shape index (κ1) is 10.9. The molecular weight excluding hydrogens is 176 g/mol. The van der Waals surface area contributed by atoms with Crippen LogP contribution < -0.4 is 5.73 Å². The summed E-state index contributed by atoms with van der Waals surface area (Å²) in [7, 11) is 0. The van der Waals surface area contributed by atoms with Crippen molar-refractivity contribution < 1.29 is 13.9 Å². The molecule has 0 aromatic rings. The highest BCUT2D eigenvalue weighted by Crippen LogP contribution is 2.37. The zero-order chi connectivity index (χ0) is 9.90. The van der Waals surface area contributed by atoms with Gasteiger partial charge in [-0.2, -0.15) is 0 Å². The van der Waals surface area contributed by atoms with Gasteiger partial charge < -0.3 is 10.8 Å². The molecule has 0 heterocycles. The van der Waals surface area contributed by atoms with Crippen molar-refractivity contribution in [3.05, 3.63) is 0 Å². The van der Waals surface area contributed by atoms with E-state index in [1.165, 1.54) is 0 Å². The first-order valence-corrected chi connectivity index (χ1v) is 4.81. The van der Waals surface area contributed by atoms with E-state index in [1.807, 2.05) is 0 Å². The Morgan fingerprint density at radius 3 is 2.38 bits per heavy atom. The highest BCUT2D eigenvalue weighted by Gasteiger charge is 2.36. The lowest BCUT2D eigenvalue weighted by molar-refractivity contribution is -0.0626. The average molecular weight is 193 g/mol. The third kappa shape index (κ3) is 3.19. The molecule has 1 rings (SSSR count). The van der Waals surface area contributed by atoms with Gasteiger partial charge in [0.15, 0.2) is 0 Å². The molecule has 0 aromatic heterocycles. The van der Waals surface area contributed by atoms with Crippen LogP contribution >= 0.6 is 0 Å². The molecule has 0 aromatic carbocycles. The summed E-state index contributed by atoms with van der Waals surface area (Å²) in [4.78, 5) is 0. The lowest BCUT2D eigenvalue weighted by Gasteiger charge is -2.31. The molecule has 0 saturated heterocycles. The van der Waals surface area contributed by atoms with Crippen molar-refractivity contribution in [2.24, 2.45) is 11.7 Å². The third-order valence-corrected chi connectivity index (χ3v) is 2.77. The van der Waals surface area contributed by atoms with E-state index in [0.29, 0.717) is 25.8 Å². The second kappa shape index (κ2) is 4.33. The number of hydrogen-bond donors (Lipinski definition) is 2. The quantitative estimate of drug-likeness (QED) is 0.713. The van der Waals surface area contributed by atoms with Gasteiger partial charge in [0.25, 0.3) is 0 Å². The van der Waals surface area contributed by atoms with Crippen LogP contribution in [0, 0.1) is 5.92 Å². The molecule has 78 valence electrons. The van der Waals surface area contributed by atoms with Gasteiger partial charge >= 0.3 is 0 Å². The zero-order valence-corrected chi connectivity index (χ0v) is 7.68. The topological polar surface area (TPSA) is 46.2 Å². The minimum atomic E-state index is -2.50. The number of rotatable bonds is 3. The van der Waals surface area contributed by atoms with Crippen LogP contribution in [0.5, 0.6) is 0 Å². The second-order valence-electron chi connectivity index (χ2n) is 3.84. The van der Waals surface area contributed by atoms with Crippen molar-refractivity contribution in [1.82, 2.24) is 0 Å². The van der Waals surface area contributed by atoms with E-state index in [-0.39, 0.29) is 18.8 Å². The number of aliphatic hydroxyl groups excluding tert-OH is 1. The molecule has 2 nitrogen and oxygen atoms in total. The van der Waals surface area contributed by atoms with Crippen molar-refractivity contribution in [3.8, 4) is 0 Å². The molecule has 13 heavy (non-hydrogen) atoms. The van der Waals surface area contributed by atoms with Crippen LogP contribution in [0.3, 0.4) is 0 Å². The molecule has 1 unspecified atom stereocenters. The van der Waals surface area contributed by atoms with Gasteiger partial charge in [-0.3, -0.25) is 0 Å². The van der Waals surface area contributed by atoms with Gasteiger partial charge in [-0.1, -0.05) is 0 Å². The summed E-state index contributed by atoms with van der Waals surface area (Å²) in [5.74, 6) is -2.47. The standard InChI is InChI=1S/C9H17F2NO/c10-9(11)4-1-7(2-5-9)8(13)3-6-12/h7-8,13H,1-6,12H2. The van der Waals surface area contributed by atoms with Crippen molar-refractivity contribution in [2.45, 2.75) is 44.1 Å². The SMILES string of the molecule is NCCC(O)C1CCC(F)(F)CC1. The molecule has 0 radical (unpaired) electrons.